The summed E-state index contributed by atoms with van der Waals surface area (Å²) < 4.78 is 9.57. The minimum Gasteiger partial charge on any atom is -0.466 e. The minimum absolute atomic E-state index is 0.110. The predicted octanol–water partition coefficient (Wildman–Crippen LogP) is 2.64. The van der Waals surface area contributed by atoms with Crippen molar-refractivity contribution in [3.63, 3.8) is 0 Å². The van der Waals surface area contributed by atoms with Gasteiger partial charge in [-0.2, -0.15) is 0 Å². The fraction of sp³-hybridized carbons (Fsp3) is 0.846. The Balaban J connectivity index is 3.16. The Labute approximate surface area is 109 Å². The van der Waals surface area contributed by atoms with Gasteiger partial charge in [-0.25, -0.2) is 4.79 Å². The van der Waals surface area contributed by atoms with Crippen molar-refractivity contribution < 1.29 is 19.1 Å². The second kappa shape index (κ2) is 12.2. The highest BCUT2D eigenvalue weighted by atomic mass is 16.5. The van der Waals surface area contributed by atoms with Crippen molar-refractivity contribution in [1.29, 1.82) is 0 Å². The molecular weight excluding hydrogens is 234 g/mol. The van der Waals surface area contributed by atoms with Crippen molar-refractivity contribution in [2.45, 2.75) is 52.4 Å². The van der Waals surface area contributed by atoms with Gasteiger partial charge in [-0.3, -0.25) is 4.79 Å². The van der Waals surface area contributed by atoms with E-state index in [-0.39, 0.29) is 12.1 Å². The van der Waals surface area contributed by atoms with E-state index in [9.17, 15) is 9.59 Å². The summed E-state index contributed by atoms with van der Waals surface area (Å²) in [4.78, 5) is 22.0. The van der Waals surface area contributed by atoms with Crippen LogP contribution in [-0.2, 0) is 14.3 Å². The first-order chi connectivity index (χ1) is 8.70. The number of alkyl carbamates (subject to hydrolysis) is 1. The van der Waals surface area contributed by atoms with Crippen LogP contribution >= 0.6 is 0 Å². The molecule has 0 aromatic rings. The second-order valence-electron chi connectivity index (χ2n) is 3.97. The first kappa shape index (κ1) is 16.7. The third-order valence-corrected chi connectivity index (χ3v) is 2.41. The van der Waals surface area contributed by atoms with Crippen molar-refractivity contribution in [1.82, 2.24) is 5.32 Å². The average molecular weight is 259 g/mol. The molecule has 0 aliphatic rings. The molecule has 0 aliphatic carbocycles. The molecular formula is C13H25NO4. The standard InChI is InChI=1S/C13H25NO4/c1-3-17-12(15)10-8-6-5-7-9-11-14-13(16)18-4-2/h3-11H2,1-2H3,(H,14,16). The van der Waals surface area contributed by atoms with Crippen LogP contribution in [0.5, 0.6) is 0 Å². The molecule has 5 nitrogen and oxygen atoms in total. The molecule has 5 heteroatoms. The summed E-state index contributed by atoms with van der Waals surface area (Å²) in [7, 11) is 0. The van der Waals surface area contributed by atoms with Crippen LogP contribution in [0.4, 0.5) is 4.79 Å². The van der Waals surface area contributed by atoms with E-state index in [1.54, 1.807) is 6.92 Å². The number of rotatable bonds is 10. The van der Waals surface area contributed by atoms with Crippen LogP contribution in [0.25, 0.3) is 0 Å². The Bertz CT molecular complexity index is 207. The molecule has 0 aliphatic heterocycles. The number of unbranched alkanes of at least 4 members (excludes halogenated alkanes) is 4. The zero-order valence-electron chi connectivity index (χ0n) is 11.5. The molecule has 0 aromatic heterocycles. The number of amides is 1. The fourth-order valence-electron chi connectivity index (χ4n) is 1.53. The SMILES string of the molecule is CCOC(=O)CCCCCCCNC(=O)OCC. The Morgan fingerprint density at radius 2 is 1.50 bits per heavy atom. The lowest BCUT2D eigenvalue weighted by Gasteiger charge is -2.05. The van der Waals surface area contributed by atoms with Crippen molar-refractivity contribution in [2.75, 3.05) is 19.8 Å². The van der Waals surface area contributed by atoms with E-state index in [1.807, 2.05) is 6.92 Å². The van der Waals surface area contributed by atoms with E-state index in [0.717, 1.165) is 32.1 Å². The van der Waals surface area contributed by atoms with Gasteiger partial charge in [0.2, 0.25) is 0 Å². The largest absolute Gasteiger partial charge is 0.466 e. The summed E-state index contributed by atoms with van der Waals surface area (Å²) >= 11 is 0. The summed E-state index contributed by atoms with van der Waals surface area (Å²) in [6.07, 6.45) is 5.13. The Morgan fingerprint density at radius 1 is 0.889 bits per heavy atom. The molecule has 0 spiro atoms. The summed E-state index contributed by atoms with van der Waals surface area (Å²) in [5.74, 6) is -0.110. The third kappa shape index (κ3) is 11.2. The summed E-state index contributed by atoms with van der Waals surface area (Å²) in [6.45, 7) is 5.10. The normalized spacial score (nSPS) is 9.89. The Kier molecular flexibility index (Phi) is 11.3. The van der Waals surface area contributed by atoms with Gasteiger partial charge in [0, 0.05) is 13.0 Å². The lowest BCUT2D eigenvalue weighted by molar-refractivity contribution is -0.143. The number of carbonyl (C=O) groups is 2. The number of carbonyl (C=O) groups excluding carboxylic acids is 2. The van der Waals surface area contributed by atoms with Crippen molar-refractivity contribution >= 4 is 12.1 Å². The van der Waals surface area contributed by atoms with E-state index in [0.29, 0.717) is 26.2 Å². The number of hydrogen-bond donors (Lipinski definition) is 1. The Hall–Kier alpha value is -1.26. The molecule has 1 N–H and O–H groups in total. The molecule has 0 heterocycles. The van der Waals surface area contributed by atoms with Crippen LogP contribution in [-0.4, -0.2) is 31.8 Å². The van der Waals surface area contributed by atoms with Gasteiger partial charge in [0.05, 0.1) is 13.2 Å². The quantitative estimate of drug-likeness (QED) is 0.484. The average Bonchev–Trinajstić information content (AvgIpc) is 2.33. The van der Waals surface area contributed by atoms with Gasteiger partial charge in [0.15, 0.2) is 0 Å². The van der Waals surface area contributed by atoms with E-state index in [1.165, 1.54) is 0 Å². The van der Waals surface area contributed by atoms with Gasteiger partial charge in [-0.1, -0.05) is 19.3 Å². The molecule has 1 amide bonds. The van der Waals surface area contributed by atoms with Gasteiger partial charge < -0.3 is 14.8 Å². The van der Waals surface area contributed by atoms with Crippen molar-refractivity contribution in [3.8, 4) is 0 Å². The maximum atomic E-state index is 11.0. The molecule has 18 heavy (non-hydrogen) atoms. The van der Waals surface area contributed by atoms with Crippen LogP contribution in [0.15, 0.2) is 0 Å². The predicted molar refractivity (Wildman–Crippen MR) is 69.4 cm³/mol. The summed E-state index contributed by atoms with van der Waals surface area (Å²) in [6, 6.07) is 0. The number of ether oxygens (including phenoxy) is 2. The van der Waals surface area contributed by atoms with Gasteiger partial charge in [0.25, 0.3) is 0 Å². The zero-order chi connectivity index (χ0) is 13.6. The van der Waals surface area contributed by atoms with Gasteiger partial charge in [0.1, 0.15) is 0 Å². The molecule has 0 rings (SSSR count). The van der Waals surface area contributed by atoms with Crippen molar-refractivity contribution in [2.24, 2.45) is 0 Å². The Morgan fingerprint density at radius 3 is 2.17 bits per heavy atom. The van der Waals surface area contributed by atoms with Crippen LogP contribution in [0.2, 0.25) is 0 Å². The van der Waals surface area contributed by atoms with E-state index in [2.05, 4.69) is 5.32 Å². The minimum atomic E-state index is -0.347. The number of hydrogen-bond acceptors (Lipinski definition) is 4. The van der Waals surface area contributed by atoms with E-state index in [4.69, 9.17) is 9.47 Å². The number of nitrogens with one attached hydrogen (secondary N) is 1. The molecule has 0 saturated carbocycles. The van der Waals surface area contributed by atoms with Crippen LogP contribution in [0, 0.1) is 0 Å². The summed E-state index contributed by atoms with van der Waals surface area (Å²) in [5.41, 5.74) is 0. The molecule has 0 saturated heterocycles. The highest BCUT2D eigenvalue weighted by Gasteiger charge is 2.01. The maximum absolute atomic E-state index is 11.0. The summed E-state index contributed by atoms with van der Waals surface area (Å²) in [5, 5.41) is 2.67. The lowest BCUT2D eigenvalue weighted by Crippen LogP contribution is -2.25. The zero-order valence-corrected chi connectivity index (χ0v) is 11.5. The van der Waals surface area contributed by atoms with Crippen molar-refractivity contribution in [3.05, 3.63) is 0 Å². The molecule has 0 fully saturated rings. The monoisotopic (exact) mass is 259 g/mol. The van der Waals surface area contributed by atoms with Crippen LogP contribution < -0.4 is 5.32 Å². The smallest absolute Gasteiger partial charge is 0.407 e. The van der Waals surface area contributed by atoms with Gasteiger partial charge >= 0.3 is 12.1 Å². The molecule has 0 unspecified atom stereocenters. The molecule has 0 radical (unpaired) electrons. The fourth-order valence-corrected chi connectivity index (χ4v) is 1.53. The topological polar surface area (TPSA) is 64.6 Å². The maximum Gasteiger partial charge on any atom is 0.407 e. The van der Waals surface area contributed by atoms with E-state index < -0.39 is 0 Å². The first-order valence-corrected chi connectivity index (χ1v) is 6.77. The number of esters is 1. The first-order valence-electron chi connectivity index (χ1n) is 6.77. The second-order valence-corrected chi connectivity index (χ2v) is 3.97. The molecule has 0 aromatic carbocycles. The molecule has 106 valence electrons. The highest BCUT2D eigenvalue weighted by molar-refractivity contribution is 5.69. The van der Waals surface area contributed by atoms with Gasteiger partial charge in [-0.05, 0) is 26.7 Å². The van der Waals surface area contributed by atoms with Crippen LogP contribution in [0.3, 0.4) is 0 Å². The third-order valence-electron chi connectivity index (χ3n) is 2.41. The lowest BCUT2D eigenvalue weighted by atomic mass is 10.1. The van der Waals surface area contributed by atoms with Gasteiger partial charge in [-0.15, -0.1) is 0 Å². The van der Waals surface area contributed by atoms with E-state index >= 15 is 0 Å². The molecule has 0 bridgehead atoms. The molecule has 0 atom stereocenters. The van der Waals surface area contributed by atoms with Crippen LogP contribution in [0.1, 0.15) is 52.4 Å². The highest BCUT2D eigenvalue weighted by Crippen LogP contribution is 2.05.